The highest BCUT2D eigenvalue weighted by Gasteiger charge is 2.33. The normalized spacial score (nSPS) is 17.9. The van der Waals surface area contributed by atoms with Gasteiger partial charge in [0.05, 0.1) is 5.69 Å². The Labute approximate surface area is 129 Å². The van der Waals surface area contributed by atoms with Gasteiger partial charge in [0, 0.05) is 25.2 Å². The van der Waals surface area contributed by atoms with Gasteiger partial charge in [-0.15, -0.1) is 0 Å². The predicted octanol–water partition coefficient (Wildman–Crippen LogP) is 1.55. The molecule has 1 unspecified atom stereocenters. The summed E-state index contributed by atoms with van der Waals surface area (Å²) in [7, 11) is 0. The number of nitrogens with two attached hydrogens (primary N) is 1. The lowest BCUT2D eigenvalue weighted by atomic mass is 10.0. The molecule has 0 spiro atoms. The highest BCUT2D eigenvalue weighted by Crippen LogP contribution is 2.21. The van der Waals surface area contributed by atoms with Crippen LogP contribution >= 0.6 is 0 Å². The molecule has 2 rings (SSSR count). The summed E-state index contributed by atoms with van der Waals surface area (Å²) >= 11 is 0. The van der Waals surface area contributed by atoms with E-state index in [9.17, 15) is 14.4 Å². The molecule has 1 aliphatic heterocycles. The van der Waals surface area contributed by atoms with Crippen molar-refractivity contribution in [3.63, 3.8) is 0 Å². The van der Waals surface area contributed by atoms with Gasteiger partial charge in [-0.1, -0.05) is 6.07 Å². The van der Waals surface area contributed by atoms with E-state index in [1.54, 1.807) is 23.1 Å². The van der Waals surface area contributed by atoms with Gasteiger partial charge in [0.25, 0.3) is 0 Å². The number of imide groups is 1. The molecule has 1 fully saturated rings. The first-order valence-corrected chi connectivity index (χ1v) is 7.43. The summed E-state index contributed by atoms with van der Waals surface area (Å²) in [4.78, 5) is 39.3. The van der Waals surface area contributed by atoms with E-state index in [4.69, 9.17) is 5.73 Å². The molecule has 0 radical (unpaired) electrons. The number of hydrogen-bond donors (Lipinski definition) is 1. The van der Waals surface area contributed by atoms with Crippen LogP contribution in [-0.4, -0.2) is 35.2 Å². The molecule has 0 bridgehead atoms. The number of benzene rings is 1. The van der Waals surface area contributed by atoms with Crippen molar-refractivity contribution in [2.24, 2.45) is 0 Å². The smallest absolute Gasteiger partial charge is 0.323 e. The van der Waals surface area contributed by atoms with Crippen LogP contribution in [0.2, 0.25) is 0 Å². The summed E-state index contributed by atoms with van der Waals surface area (Å²) in [6.45, 7) is 3.73. The monoisotopic (exact) mass is 303 g/mol. The van der Waals surface area contributed by atoms with Crippen LogP contribution in [0.5, 0.6) is 0 Å². The van der Waals surface area contributed by atoms with Gasteiger partial charge in [0.2, 0.25) is 5.91 Å². The molecule has 1 aromatic rings. The van der Waals surface area contributed by atoms with Crippen molar-refractivity contribution in [1.82, 2.24) is 4.90 Å². The van der Waals surface area contributed by atoms with Crippen LogP contribution in [0.25, 0.3) is 0 Å². The van der Waals surface area contributed by atoms with E-state index in [0.29, 0.717) is 17.9 Å². The Morgan fingerprint density at radius 2 is 2.00 bits per heavy atom. The van der Waals surface area contributed by atoms with Crippen LogP contribution in [0.15, 0.2) is 24.3 Å². The van der Waals surface area contributed by atoms with Gasteiger partial charge in [-0.05, 0) is 44.4 Å². The minimum absolute atomic E-state index is 0.0138. The molecule has 0 aromatic heterocycles. The van der Waals surface area contributed by atoms with Crippen LogP contribution < -0.4 is 10.6 Å². The highest BCUT2D eigenvalue weighted by atomic mass is 16.2. The fourth-order valence-electron chi connectivity index (χ4n) is 2.72. The van der Waals surface area contributed by atoms with Crippen molar-refractivity contribution in [3.8, 4) is 0 Å². The summed E-state index contributed by atoms with van der Waals surface area (Å²) in [5, 5.41) is 0. The molecule has 6 nitrogen and oxygen atoms in total. The Bertz CT molecular complexity index is 600. The Hall–Kier alpha value is -2.37. The number of piperidine rings is 1. The van der Waals surface area contributed by atoms with E-state index in [2.05, 4.69) is 0 Å². The van der Waals surface area contributed by atoms with Crippen LogP contribution in [0.3, 0.4) is 0 Å². The van der Waals surface area contributed by atoms with E-state index in [1.165, 1.54) is 13.0 Å². The number of hydrogen-bond acceptors (Lipinski definition) is 4. The van der Waals surface area contributed by atoms with Gasteiger partial charge in [-0.25, -0.2) is 4.90 Å². The van der Waals surface area contributed by atoms with E-state index in [1.807, 2.05) is 6.92 Å². The number of amides is 3. The molecule has 1 aromatic carbocycles. The largest absolute Gasteiger partial charge is 0.399 e. The summed E-state index contributed by atoms with van der Waals surface area (Å²) < 4.78 is 0. The minimum Gasteiger partial charge on any atom is -0.399 e. The lowest BCUT2D eigenvalue weighted by molar-refractivity contribution is -0.147. The van der Waals surface area contributed by atoms with Crippen LogP contribution in [0.4, 0.5) is 11.4 Å². The van der Waals surface area contributed by atoms with E-state index in [-0.39, 0.29) is 6.04 Å². The van der Waals surface area contributed by atoms with Gasteiger partial charge in [-0.3, -0.25) is 14.4 Å². The Morgan fingerprint density at radius 3 is 2.59 bits per heavy atom. The topological polar surface area (TPSA) is 83.7 Å². The summed E-state index contributed by atoms with van der Waals surface area (Å²) in [6.07, 6.45) is 2.80. The molecule has 1 saturated heterocycles. The number of carbonyl (C=O) groups excluding carboxylic acids is 3. The zero-order valence-electron chi connectivity index (χ0n) is 12.9. The Morgan fingerprint density at radius 1 is 1.27 bits per heavy atom. The molecular weight excluding hydrogens is 282 g/mol. The number of likely N-dealkylation sites (tertiary alicyclic amines) is 1. The van der Waals surface area contributed by atoms with Crippen molar-refractivity contribution in [2.45, 2.75) is 39.2 Å². The maximum Gasteiger partial charge on any atom is 0.323 e. The molecular formula is C16H21N3O3. The van der Waals surface area contributed by atoms with Gasteiger partial charge < -0.3 is 10.6 Å². The Kier molecular flexibility index (Phi) is 4.80. The molecule has 3 amide bonds. The zero-order valence-corrected chi connectivity index (χ0v) is 12.9. The molecule has 0 saturated carbocycles. The van der Waals surface area contributed by atoms with Gasteiger partial charge in [0.15, 0.2) is 0 Å². The second-order valence-electron chi connectivity index (χ2n) is 5.60. The molecule has 6 heteroatoms. The lowest BCUT2D eigenvalue weighted by Gasteiger charge is -2.34. The molecule has 1 aliphatic rings. The van der Waals surface area contributed by atoms with E-state index < -0.39 is 17.7 Å². The summed E-state index contributed by atoms with van der Waals surface area (Å²) in [6, 6.07) is 6.40. The molecule has 2 N–H and O–H groups in total. The molecule has 118 valence electrons. The van der Waals surface area contributed by atoms with Crippen molar-refractivity contribution in [3.05, 3.63) is 24.3 Å². The summed E-state index contributed by atoms with van der Waals surface area (Å²) in [5.41, 5.74) is 6.43. The van der Waals surface area contributed by atoms with Crippen LogP contribution in [0.1, 0.15) is 33.1 Å². The van der Waals surface area contributed by atoms with Crippen molar-refractivity contribution < 1.29 is 14.4 Å². The summed E-state index contributed by atoms with van der Waals surface area (Å²) in [5.74, 6) is -1.97. The van der Waals surface area contributed by atoms with Crippen molar-refractivity contribution in [2.75, 3.05) is 17.2 Å². The van der Waals surface area contributed by atoms with E-state index >= 15 is 0 Å². The minimum atomic E-state index is -0.827. The third-order valence-electron chi connectivity index (χ3n) is 3.89. The highest BCUT2D eigenvalue weighted by molar-refractivity contribution is 6.45. The maximum absolute atomic E-state index is 12.5. The predicted molar refractivity (Wildman–Crippen MR) is 84.0 cm³/mol. The van der Waals surface area contributed by atoms with Gasteiger partial charge >= 0.3 is 11.8 Å². The number of nitrogen functional groups attached to an aromatic ring is 1. The zero-order chi connectivity index (χ0) is 16.3. The second-order valence-corrected chi connectivity index (χ2v) is 5.60. The fourth-order valence-corrected chi connectivity index (χ4v) is 2.72. The molecule has 0 aliphatic carbocycles. The molecule has 1 atom stereocenters. The third kappa shape index (κ3) is 3.27. The molecule has 22 heavy (non-hydrogen) atoms. The van der Waals surface area contributed by atoms with Crippen molar-refractivity contribution in [1.29, 1.82) is 0 Å². The first-order valence-electron chi connectivity index (χ1n) is 7.43. The van der Waals surface area contributed by atoms with E-state index in [0.717, 1.165) is 24.2 Å². The number of rotatable bonds is 1. The fraction of sp³-hybridized carbons (Fsp3) is 0.438. The Balaban J connectivity index is 2.26. The number of nitrogens with zero attached hydrogens (tertiary/aromatic N) is 2. The average molecular weight is 303 g/mol. The third-order valence-corrected chi connectivity index (χ3v) is 3.89. The lowest BCUT2D eigenvalue weighted by Crippen LogP contribution is -2.51. The first kappa shape index (κ1) is 16.0. The number of carbonyl (C=O) groups is 3. The van der Waals surface area contributed by atoms with Gasteiger partial charge in [0.1, 0.15) is 0 Å². The van der Waals surface area contributed by atoms with Crippen molar-refractivity contribution >= 4 is 29.1 Å². The second kappa shape index (κ2) is 6.60. The quantitative estimate of drug-likeness (QED) is 0.630. The SMILES string of the molecule is CC(=O)N(C(=O)C(=O)N1CCCCC1C)c1cccc(N)c1. The first-order chi connectivity index (χ1) is 10.4. The molecule has 1 heterocycles. The number of anilines is 2. The van der Waals surface area contributed by atoms with Crippen LogP contribution in [-0.2, 0) is 14.4 Å². The standard InChI is InChI=1S/C16H21N3O3/c1-11-6-3-4-9-18(11)15(21)16(22)19(12(2)20)14-8-5-7-13(17)10-14/h5,7-8,10-11H,3-4,6,9,17H2,1-2H3. The van der Waals surface area contributed by atoms with Crippen LogP contribution in [0, 0.1) is 0 Å². The average Bonchev–Trinajstić information content (AvgIpc) is 2.47. The van der Waals surface area contributed by atoms with Gasteiger partial charge in [-0.2, -0.15) is 0 Å². The maximum atomic E-state index is 12.5.